The molecule has 1 atom stereocenters. The SMILES string of the molecule is CCNC(CC1(OC)CCC1)c1ccsc1C. The van der Waals surface area contributed by atoms with Crippen LogP contribution < -0.4 is 5.32 Å². The van der Waals surface area contributed by atoms with E-state index in [9.17, 15) is 0 Å². The average Bonchev–Trinajstić information content (AvgIpc) is 2.68. The number of hydrogen-bond donors (Lipinski definition) is 1. The smallest absolute Gasteiger partial charge is 0.0697 e. The molecule has 1 aliphatic carbocycles. The van der Waals surface area contributed by atoms with Crippen LogP contribution in [-0.4, -0.2) is 19.3 Å². The van der Waals surface area contributed by atoms with Crippen LogP contribution in [0.4, 0.5) is 0 Å². The Bertz CT molecular complexity index is 351. The maximum atomic E-state index is 5.75. The second-order valence-electron chi connectivity index (χ2n) is 4.99. The van der Waals surface area contributed by atoms with Crippen molar-refractivity contribution in [1.82, 2.24) is 5.32 Å². The summed E-state index contributed by atoms with van der Waals surface area (Å²) in [6.07, 6.45) is 4.85. The zero-order valence-corrected chi connectivity index (χ0v) is 11.9. The molecular weight excluding hydrogens is 230 g/mol. The van der Waals surface area contributed by atoms with Crippen molar-refractivity contribution in [2.24, 2.45) is 0 Å². The van der Waals surface area contributed by atoms with E-state index in [1.807, 2.05) is 18.4 Å². The Hall–Kier alpha value is -0.380. The van der Waals surface area contributed by atoms with Gasteiger partial charge in [-0.3, -0.25) is 0 Å². The number of methoxy groups -OCH3 is 1. The van der Waals surface area contributed by atoms with E-state index in [4.69, 9.17) is 4.74 Å². The molecule has 3 heteroatoms. The summed E-state index contributed by atoms with van der Waals surface area (Å²) in [4.78, 5) is 1.43. The summed E-state index contributed by atoms with van der Waals surface area (Å²) in [5, 5.41) is 5.80. The molecule has 0 amide bonds. The highest BCUT2D eigenvalue weighted by Crippen LogP contribution is 2.42. The molecule has 1 aromatic heterocycles. The summed E-state index contributed by atoms with van der Waals surface area (Å²) in [6, 6.07) is 2.71. The quantitative estimate of drug-likeness (QED) is 0.835. The van der Waals surface area contributed by atoms with Gasteiger partial charge in [-0.1, -0.05) is 6.92 Å². The van der Waals surface area contributed by atoms with Gasteiger partial charge in [0, 0.05) is 18.0 Å². The van der Waals surface area contributed by atoms with Crippen LogP contribution in [0.5, 0.6) is 0 Å². The molecule has 1 unspecified atom stereocenters. The first-order valence-electron chi connectivity index (χ1n) is 6.53. The average molecular weight is 253 g/mol. The highest BCUT2D eigenvalue weighted by atomic mass is 32.1. The molecule has 96 valence electrons. The highest BCUT2D eigenvalue weighted by Gasteiger charge is 2.39. The van der Waals surface area contributed by atoms with E-state index in [0.29, 0.717) is 6.04 Å². The van der Waals surface area contributed by atoms with Gasteiger partial charge < -0.3 is 10.1 Å². The van der Waals surface area contributed by atoms with E-state index in [1.165, 1.54) is 29.7 Å². The Morgan fingerprint density at radius 2 is 2.29 bits per heavy atom. The van der Waals surface area contributed by atoms with Crippen molar-refractivity contribution in [2.75, 3.05) is 13.7 Å². The molecule has 0 radical (unpaired) electrons. The van der Waals surface area contributed by atoms with Gasteiger partial charge in [-0.25, -0.2) is 0 Å². The Balaban J connectivity index is 2.10. The van der Waals surface area contributed by atoms with Gasteiger partial charge in [-0.05, 0) is 56.2 Å². The van der Waals surface area contributed by atoms with E-state index >= 15 is 0 Å². The lowest BCUT2D eigenvalue weighted by Crippen LogP contribution is -2.42. The molecule has 1 N–H and O–H groups in total. The molecular formula is C14H23NOS. The lowest BCUT2D eigenvalue weighted by atomic mass is 9.74. The minimum Gasteiger partial charge on any atom is -0.378 e. The topological polar surface area (TPSA) is 21.3 Å². The van der Waals surface area contributed by atoms with Crippen molar-refractivity contribution < 1.29 is 4.74 Å². The Kier molecular flexibility index (Phi) is 4.23. The van der Waals surface area contributed by atoms with Gasteiger partial charge in [0.2, 0.25) is 0 Å². The van der Waals surface area contributed by atoms with Crippen LogP contribution >= 0.6 is 11.3 Å². The predicted molar refractivity (Wildman–Crippen MR) is 73.7 cm³/mol. The number of thiophene rings is 1. The third-order valence-corrected chi connectivity index (χ3v) is 4.86. The summed E-state index contributed by atoms with van der Waals surface area (Å²) in [7, 11) is 1.86. The monoisotopic (exact) mass is 253 g/mol. The molecule has 17 heavy (non-hydrogen) atoms. The van der Waals surface area contributed by atoms with E-state index < -0.39 is 0 Å². The third-order valence-electron chi connectivity index (χ3n) is 4.00. The Morgan fingerprint density at radius 3 is 2.71 bits per heavy atom. The van der Waals surface area contributed by atoms with Crippen LogP contribution in [0.2, 0.25) is 0 Å². The first-order chi connectivity index (χ1) is 8.21. The van der Waals surface area contributed by atoms with Crippen molar-refractivity contribution >= 4 is 11.3 Å². The van der Waals surface area contributed by atoms with Gasteiger partial charge in [0.15, 0.2) is 0 Å². The molecule has 0 aliphatic heterocycles. The molecule has 1 fully saturated rings. The largest absolute Gasteiger partial charge is 0.378 e. The lowest BCUT2D eigenvalue weighted by Gasteiger charge is -2.43. The van der Waals surface area contributed by atoms with Crippen LogP contribution in [0, 0.1) is 6.92 Å². The Morgan fingerprint density at radius 1 is 1.53 bits per heavy atom. The summed E-state index contributed by atoms with van der Waals surface area (Å²) in [5.41, 5.74) is 1.60. The maximum Gasteiger partial charge on any atom is 0.0697 e. The molecule has 1 heterocycles. The predicted octanol–water partition coefficient (Wildman–Crippen LogP) is 3.67. The molecule has 0 aromatic carbocycles. The molecule has 1 aliphatic rings. The van der Waals surface area contributed by atoms with Crippen molar-refractivity contribution in [3.05, 3.63) is 21.9 Å². The molecule has 0 spiro atoms. The van der Waals surface area contributed by atoms with Gasteiger partial charge in [-0.2, -0.15) is 0 Å². The number of rotatable bonds is 6. The number of aryl methyl sites for hydroxylation is 1. The highest BCUT2D eigenvalue weighted by molar-refractivity contribution is 7.10. The van der Waals surface area contributed by atoms with Gasteiger partial charge >= 0.3 is 0 Å². The lowest BCUT2D eigenvalue weighted by molar-refractivity contribution is -0.0837. The van der Waals surface area contributed by atoms with E-state index in [-0.39, 0.29) is 5.60 Å². The maximum absolute atomic E-state index is 5.75. The fourth-order valence-electron chi connectivity index (χ4n) is 2.73. The number of hydrogen-bond acceptors (Lipinski definition) is 3. The van der Waals surface area contributed by atoms with Gasteiger partial charge in [-0.15, -0.1) is 11.3 Å². The first kappa shape index (κ1) is 13.1. The van der Waals surface area contributed by atoms with Crippen LogP contribution in [0.1, 0.15) is 49.1 Å². The van der Waals surface area contributed by atoms with E-state index in [2.05, 4.69) is 30.6 Å². The summed E-state index contributed by atoms with van der Waals surface area (Å²) in [5.74, 6) is 0. The second-order valence-corrected chi connectivity index (χ2v) is 6.11. The molecule has 0 bridgehead atoms. The van der Waals surface area contributed by atoms with E-state index in [0.717, 1.165) is 13.0 Å². The molecule has 0 saturated heterocycles. The van der Waals surface area contributed by atoms with Crippen molar-refractivity contribution in [3.63, 3.8) is 0 Å². The van der Waals surface area contributed by atoms with Crippen LogP contribution in [0.3, 0.4) is 0 Å². The van der Waals surface area contributed by atoms with Crippen LogP contribution in [0.15, 0.2) is 11.4 Å². The minimum atomic E-state index is 0.140. The van der Waals surface area contributed by atoms with Crippen LogP contribution in [0.25, 0.3) is 0 Å². The first-order valence-corrected chi connectivity index (χ1v) is 7.41. The zero-order valence-electron chi connectivity index (χ0n) is 11.1. The third kappa shape index (κ3) is 2.72. The molecule has 2 nitrogen and oxygen atoms in total. The molecule has 2 rings (SSSR count). The van der Waals surface area contributed by atoms with Crippen molar-refractivity contribution in [1.29, 1.82) is 0 Å². The van der Waals surface area contributed by atoms with Crippen LogP contribution in [-0.2, 0) is 4.74 Å². The summed E-state index contributed by atoms with van der Waals surface area (Å²) < 4.78 is 5.75. The second kappa shape index (κ2) is 5.51. The summed E-state index contributed by atoms with van der Waals surface area (Å²) in [6.45, 7) is 5.40. The summed E-state index contributed by atoms with van der Waals surface area (Å²) >= 11 is 1.84. The number of ether oxygens (including phenoxy) is 1. The van der Waals surface area contributed by atoms with E-state index in [1.54, 1.807) is 0 Å². The molecule has 1 saturated carbocycles. The fraction of sp³-hybridized carbons (Fsp3) is 0.714. The minimum absolute atomic E-state index is 0.140. The van der Waals surface area contributed by atoms with Gasteiger partial charge in [0.25, 0.3) is 0 Å². The fourth-order valence-corrected chi connectivity index (χ4v) is 3.49. The van der Waals surface area contributed by atoms with Crippen molar-refractivity contribution in [3.8, 4) is 0 Å². The molecule has 1 aromatic rings. The van der Waals surface area contributed by atoms with Gasteiger partial charge in [0.05, 0.1) is 5.60 Å². The normalized spacial score (nSPS) is 19.9. The zero-order chi connectivity index (χ0) is 12.3. The van der Waals surface area contributed by atoms with Gasteiger partial charge in [0.1, 0.15) is 0 Å². The van der Waals surface area contributed by atoms with Crippen molar-refractivity contribution in [2.45, 2.75) is 51.2 Å². The standard InChI is InChI=1S/C14H23NOS/c1-4-15-13(12-6-9-17-11(12)2)10-14(16-3)7-5-8-14/h6,9,13,15H,4-5,7-8,10H2,1-3H3. The number of nitrogens with one attached hydrogen (secondary N) is 1. The Labute approximate surface area is 108 Å².